The van der Waals surface area contributed by atoms with Crippen LogP contribution in [0.15, 0.2) is 45.3 Å². The minimum atomic E-state index is 0.577. The van der Waals surface area contributed by atoms with Gasteiger partial charge in [-0.3, -0.25) is 0 Å². The molecule has 0 amide bonds. The summed E-state index contributed by atoms with van der Waals surface area (Å²) >= 11 is 7.30. The van der Waals surface area contributed by atoms with Crippen molar-refractivity contribution in [3.8, 4) is 0 Å². The zero-order valence-corrected chi connectivity index (χ0v) is 17.1. The Morgan fingerprint density at radius 1 is 0.826 bits per heavy atom. The molecule has 3 rings (SSSR count). The van der Waals surface area contributed by atoms with Crippen LogP contribution in [0.25, 0.3) is 21.5 Å². The lowest BCUT2D eigenvalue weighted by Gasteiger charge is -2.21. The quantitative estimate of drug-likeness (QED) is 0.365. The van der Waals surface area contributed by atoms with E-state index in [0.29, 0.717) is 5.92 Å². The summed E-state index contributed by atoms with van der Waals surface area (Å²) in [5, 5.41) is 5.53. The average molecular weight is 434 g/mol. The number of hydrogen-bond acceptors (Lipinski definition) is 0. The minimum absolute atomic E-state index is 0.577. The number of aryl methyl sites for hydroxylation is 1. The van der Waals surface area contributed by atoms with Gasteiger partial charge < -0.3 is 0 Å². The topological polar surface area (TPSA) is 0 Å². The Labute approximate surface area is 155 Å². The van der Waals surface area contributed by atoms with Crippen LogP contribution in [0.4, 0.5) is 0 Å². The van der Waals surface area contributed by atoms with E-state index < -0.39 is 0 Å². The van der Waals surface area contributed by atoms with E-state index in [1.54, 1.807) is 11.1 Å². The van der Waals surface area contributed by atoms with Crippen molar-refractivity contribution in [1.82, 2.24) is 0 Å². The molecule has 0 aliphatic rings. The minimum Gasteiger partial charge on any atom is -0.0651 e. The van der Waals surface area contributed by atoms with E-state index in [2.05, 4.69) is 89.0 Å². The zero-order valence-electron chi connectivity index (χ0n) is 13.9. The summed E-state index contributed by atoms with van der Waals surface area (Å²) in [5.74, 6) is 0.577. The van der Waals surface area contributed by atoms with Gasteiger partial charge in [0.15, 0.2) is 0 Å². The van der Waals surface area contributed by atoms with Crippen LogP contribution in [0.3, 0.4) is 0 Å². The van der Waals surface area contributed by atoms with Crippen LogP contribution >= 0.6 is 31.9 Å². The number of halogens is 2. The Morgan fingerprint density at radius 2 is 1.39 bits per heavy atom. The number of hydrogen-bond donors (Lipinski definition) is 0. The molecule has 0 N–H and O–H groups in total. The van der Waals surface area contributed by atoms with Crippen molar-refractivity contribution < 1.29 is 0 Å². The highest BCUT2D eigenvalue weighted by Gasteiger charge is 2.18. The molecule has 0 nitrogen and oxygen atoms in total. The molecule has 0 bridgehead atoms. The van der Waals surface area contributed by atoms with Gasteiger partial charge in [0.05, 0.1) is 0 Å². The molecule has 23 heavy (non-hydrogen) atoms. The second-order valence-corrected chi connectivity index (χ2v) is 8.16. The fourth-order valence-electron chi connectivity index (χ4n) is 3.57. The third-order valence-electron chi connectivity index (χ3n) is 4.80. The van der Waals surface area contributed by atoms with Crippen molar-refractivity contribution in [1.29, 1.82) is 0 Å². The van der Waals surface area contributed by atoms with Crippen LogP contribution in [0, 0.1) is 0 Å². The third-order valence-corrected chi connectivity index (χ3v) is 5.79. The van der Waals surface area contributed by atoms with Crippen molar-refractivity contribution >= 4 is 53.4 Å². The lowest BCUT2D eigenvalue weighted by molar-refractivity contribution is 0.726. The highest BCUT2D eigenvalue weighted by atomic mass is 79.9. The molecule has 0 fully saturated rings. The maximum atomic E-state index is 3.65. The summed E-state index contributed by atoms with van der Waals surface area (Å²) in [6.45, 7) is 6.92. The summed E-state index contributed by atoms with van der Waals surface area (Å²) in [6, 6.07) is 13.5. The first-order valence-corrected chi connectivity index (χ1v) is 9.98. The van der Waals surface area contributed by atoms with Crippen molar-refractivity contribution in [2.45, 2.75) is 46.0 Å². The largest absolute Gasteiger partial charge is 0.0651 e. The van der Waals surface area contributed by atoms with Gasteiger partial charge in [0.1, 0.15) is 0 Å². The van der Waals surface area contributed by atoms with Gasteiger partial charge in [-0.25, -0.2) is 0 Å². The molecule has 0 aliphatic heterocycles. The monoisotopic (exact) mass is 432 g/mol. The third kappa shape index (κ3) is 3.08. The molecule has 120 valence electrons. The van der Waals surface area contributed by atoms with Crippen LogP contribution in [0.5, 0.6) is 0 Å². The molecule has 2 heteroatoms. The van der Waals surface area contributed by atoms with Gasteiger partial charge in [-0.15, -0.1) is 0 Å². The molecule has 0 spiro atoms. The predicted molar refractivity (Wildman–Crippen MR) is 110 cm³/mol. The van der Waals surface area contributed by atoms with E-state index in [4.69, 9.17) is 0 Å². The van der Waals surface area contributed by atoms with Crippen LogP contribution < -0.4 is 0 Å². The summed E-state index contributed by atoms with van der Waals surface area (Å²) in [5.41, 5.74) is 3.09. The van der Waals surface area contributed by atoms with E-state index >= 15 is 0 Å². The molecule has 3 aromatic rings. The Balaban J connectivity index is 2.54. The maximum absolute atomic E-state index is 3.65. The molecular weight excluding hydrogens is 412 g/mol. The lowest BCUT2D eigenvalue weighted by Crippen LogP contribution is -2.02. The van der Waals surface area contributed by atoms with Crippen LogP contribution in [-0.2, 0) is 6.42 Å². The molecule has 0 radical (unpaired) electrons. The molecule has 0 aliphatic carbocycles. The SMILES string of the molecule is CCCc1c(C(C)CC)c2ccc(Br)cc2c2cc(Br)ccc12. The summed E-state index contributed by atoms with van der Waals surface area (Å²) < 4.78 is 2.29. The van der Waals surface area contributed by atoms with Gasteiger partial charge in [0, 0.05) is 8.95 Å². The zero-order chi connectivity index (χ0) is 16.6. The first-order valence-electron chi connectivity index (χ1n) is 8.40. The molecule has 0 heterocycles. The van der Waals surface area contributed by atoms with E-state index in [9.17, 15) is 0 Å². The highest BCUT2D eigenvalue weighted by Crippen LogP contribution is 2.40. The van der Waals surface area contributed by atoms with Gasteiger partial charge in [-0.1, -0.05) is 71.2 Å². The maximum Gasteiger partial charge on any atom is 0.0181 e. The van der Waals surface area contributed by atoms with Crippen LogP contribution in [-0.4, -0.2) is 0 Å². The smallest absolute Gasteiger partial charge is 0.0181 e. The predicted octanol–water partition coefficient (Wildman–Crippen LogP) is 7.98. The summed E-state index contributed by atoms with van der Waals surface area (Å²) in [6.07, 6.45) is 3.49. The molecule has 0 saturated carbocycles. The van der Waals surface area contributed by atoms with Crippen LogP contribution in [0.1, 0.15) is 50.7 Å². The van der Waals surface area contributed by atoms with Crippen molar-refractivity contribution in [2.24, 2.45) is 0 Å². The van der Waals surface area contributed by atoms with Gasteiger partial charge in [-0.2, -0.15) is 0 Å². The average Bonchev–Trinajstić information content (AvgIpc) is 2.55. The first-order chi connectivity index (χ1) is 11.1. The molecule has 0 saturated heterocycles. The van der Waals surface area contributed by atoms with Gasteiger partial charge in [-0.05, 0) is 75.7 Å². The summed E-state index contributed by atoms with van der Waals surface area (Å²) in [7, 11) is 0. The Morgan fingerprint density at radius 3 is 1.96 bits per heavy atom. The number of rotatable bonds is 4. The molecular formula is C21H22Br2. The fraction of sp³-hybridized carbons (Fsp3) is 0.333. The number of benzene rings is 3. The highest BCUT2D eigenvalue weighted by molar-refractivity contribution is 9.10. The van der Waals surface area contributed by atoms with Crippen molar-refractivity contribution in [2.75, 3.05) is 0 Å². The Hall–Kier alpha value is -0.860. The van der Waals surface area contributed by atoms with Gasteiger partial charge in [0.25, 0.3) is 0 Å². The van der Waals surface area contributed by atoms with E-state index in [1.807, 2.05) is 0 Å². The Bertz CT molecular complexity index is 865. The number of fused-ring (bicyclic) bond motifs is 3. The second kappa shape index (κ2) is 6.94. The fourth-order valence-corrected chi connectivity index (χ4v) is 4.29. The normalized spacial score (nSPS) is 12.9. The first kappa shape index (κ1) is 17.0. The molecule has 1 unspecified atom stereocenters. The van der Waals surface area contributed by atoms with Gasteiger partial charge in [0.2, 0.25) is 0 Å². The van der Waals surface area contributed by atoms with E-state index in [1.165, 1.54) is 34.4 Å². The van der Waals surface area contributed by atoms with Crippen LogP contribution in [0.2, 0.25) is 0 Å². The molecule has 0 aromatic heterocycles. The van der Waals surface area contributed by atoms with Crippen molar-refractivity contribution in [3.05, 3.63) is 56.5 Å². The Kier molecular flexibility index (Phi) is 5.13. The van der Waals surface area contributed by atoms with E-state index in [0.717, 1.165) is 15.4 Å². The molecule has 3 aromatic carbocycles. The second-order valence-electron chi connectivity index (χ2n) is 6.33. The standard InChI is InChI=1S/C21H22Br2/c1-4-6-17-16-9-7-14(22)11-19(16)20-12-15(23)8-10-18(20)21(17)13(3)5-2/h7-13H,4-6H2,1-3H3. The lowest BCUT2D eigenvalue weighted by atomic mass is 9.83. The van der Waals surface area contributed by atoms with Crippen molar-refractivity contribution in [3.63, 3.8) is 0 Å². The van der Waals surface area contributed by atoms with E-state index in [-0.39, 0.29) is 0 Å². The van der Waals surface area contributed by atoms with Gasteiger partial charge >= 0.3 is 0 Å². The molecule has 1 atom stereocenters. The summed E-state index contributed by atoms with van der Waals surface area (Å²) in [4.78, 5) is 0.